The Morgan fingerprint density at radius 1 is 0.833 bits per heavy atom. The van der Waals surface area contributed by atoms with Gasteiger partial charge < -0.3 is 54.7 Å². The molecule has 17 heteroatoms. The third-order valence-corrected chi connectivity index (χ3v) is 6.09. The van der Waals surface area contributed by atoms with Crippen LogP contribution in [-0.2, 0) is 35.2 Å². The number of amides is 5. The maximum absolute atomic E-state index is 13.1. The van der Waals surface area contributed by atoms with Crippen LogP contribution in [0.1, 0.15) is 31.2 Å². The topological polar surface area (TPSA) is 317 Å². The number of carboxylic acids is 1. The lowest BCUT2D eigenvalue weighted by molar-refractivity contribution is -0.142. The minimum atomic E-state index is -1.64. The first-order chi connectivity index (χ1) is 19.8. The number of benzene rings is 1. The molecule has 15 N–H and O–H groups in total. The third kappa shape index (κ3) is 10.4. The Morgan fingerprint density at radius 3 is 1.93 bits per heavy atom. The molecule has 0 aliphatic carbocycles. The molecule has 0 saturated carbocycles. The Hall–Kier alpha value is -5.19. The van der Waals surface area contributed by atoms with Gasteiger partial charge in [-0.25, -0.2) is 4.79 Å². The van der Waals surface area contributed by atoms with Gasteiger partial charge in [-0.2, -0.15) is 0 Å². The molecular weight excluding hydrogens is 552 g/mol. The van der Waals surface area contributed by atoms with Crippen molar-refractivity contribution < 1.29 is 33.9 Å². The highest BCUT2D eigenvalue weighted by molar-refractivity contribution is 5.97. The van der Waals surface area contributed by atoms with Gasteiger partial charge >= 0.3 is 5.97 Å². The normalized spacial score (nSPS) is 13.6. The number of carbonyl (C=O) groups is 6. The number of para-hydroxylation sites is 1. The van der Waals surface area contributed by atoms with Crippen molar-refractivity contribution in [3.8, 4) is 0 Å². The molecule has 0 saturated heterocycles. The number of primary amides is 2. The molecule has 17 nitrogen and oxygen atoms in total. The van der Waals surface area contributed by atoms with Gasteiger partial charge in [0, 0.05) is 30.1 Å². The molecular formula is C25H36N10O7. The largest absolute Gasteiger partial charge is 0.480 e. The van der Waals surface area contributed by atoms with Crippen molar-refractivity contribution in [1.82, 2.24) is 20.9 Å². The first-order valence-electron chi connectivity index (χ1n) is 12.8. The number of nitrogens with zero attached hydrogens (tertiary/aromatic N) is 1. The number of rotatable bonds is 17. The Labute approximate surface area is 240 Å². The molecule has 1 aromatic heterocycles. The predicted molar refractivity (Wildman–Crippen MR) is 151 cm³/mol. The van der Waals surface area contributed by atoms with E-state index < -0.39 is 72.5 Å². The molecule has 0 spiro atoms. The van der Waals surface area contributed by atoms with Gasteiger partial charge in [-0.05, 0) is 24.5 Å². The molecule has 4 unspecified atom stereocenters. The third-order valence-electron chi connectivity index (χ3n) is 6.09. The number of nitrogens with two attached hydrogens (primary N) is 5. The Kier molecular flexibility index (Phi) is 12.2. The fourth-order valence-electron chi connectivity index (χ4n) is 4.02. The lowest BCUT2D eigenvalue weighted by Gasteiger charge is -2.24. The zero-order valence-corrected chi connectivity index (χ0v) is 22.7. The van der Waals surface area contributed by atoms with E-state index in [2.05, 4.69) is 25.9 Å². The summed E-state index contributed by atoms with van der Waals surface area (Å²) in [6, 6.07) is 1.40. The van der Waals surface area contributed by atoms with Crippen molar-refractivity contribution in [3.05, 3.63) is 36.0 Å². The molecule has 42 heavy (non-hydrogen) atoms. The van der Waals surface area contributed by atoms with Gasteiger partial charge in [0.1, 0.15) is 18.1 Å². The Morgan fingerprint density at radius 2 is 1.38 bits per heavy atom. The second-order valence-corrected chi connectivity index (χ2v) is 9.48. The number of aromatic amines is 1. The molecule has 228 valence electrons. The maximum Gasteiger partial charge on any atom is 0.326 e. The highest BCUT2D eigenvalue weighted by Crippen LogP contribution is 2.19. The second kappa shape index (κ2) is 15.6. The lowest BCUT2D eigenvalue weighted by atomic mass is 10.0. The molecule has 1 heterocycles. The fraction of sp³-hybridized carbons (Fsp3) is 0.400. The molecule has 0 aliphatic rings. The van der Waals surface area contributed by atoms with Crippen LogP contribution in [0.3, 0.4) is 0 Å². The van der Waals surface area contributed by atoms with E-state index in [1.54, 1.807) is 30.5 Å². The number of nitrogens with one attached hydrogen (secondary N) is 4. The number of fused-ring (bicyclic) bond motifs is 1. The maximum atomic E-state index is 13.1. The van der Waals surface area contributed by atoms with E-state index in [4.69, 9.17) is 28.7 Å². The zero-order valence-electron chi connectivity index (χ0n) is 22.7. The van der Waals surface area contributed by atoms with Crippen molar-refractivity contribution in [2.24, 2.45) is 33.7 Å². The lowest BCUT2D eigenvalue weighted by Crippen LogP contribution is -2.58. The van der Waals surface area contributed by atoms with Gasteiger partial charge in [0.05, 0.1) is 18.9 Å². The number of hydrogen-bond acceptors (Lipinski definition) is 8. The molecule has 0 radical (unpaired) electrons. The van der Waals surface area contributed by atoms with Crippen molar-refractivity contribution in [2.45, 2.75) is 56.3 Å². The zero-order chi connectivity index (χ0) is 31.4. The van der Waals surface area contributed by atoms with Crippen molar-refractivity contribution >= 4 is 52.4 Å². The van der Waals surface area contributed by atoms with E-state index in [9.17, 15) is 33.9 Å². The average Bonchev–Trinajstić information content (AvgIpc) is 3.31. The van der Waals surface area contributed by atoms with Gasteiger partial charge in [0.2, 0.25) is 29.5 Å². The molecule has 0 bridgehead atoms. The van der Waals surface area contributed by atoms with Gasteiger partial charge in [0.25, 0.3) is 0 Å². The van der Waals surface area contributed by atoms with Crippen LogP contribution in [0, 0.1) is 0 Å². The number of aliphatic imine (C=N–C) groups is 1. The van der Waals surface area contributed by atoms with E-state index >= 15 is 0 Å². The van der Waals surface area contributed by atoms with Crippen molar-refractivity contribution in [2.75, 3.05) is 6.54 Å². The monoisotopic (exact) mass is 588 g/mol. The van der Waals surface area contributed by atoms with Gasteiger partial charge in [0.15, 0.2) is 5.96 Å². The number of hydrogen-bond donors (Lipinski definition) is 10. The summed E-state index contributed by atoms with van der Waals surface area (Å²) in [4.78, 5) is 80.7. The molecule has 2 aromatic rings. The van der Waals surface area contributed by atoms with E-state index in [1.165, 1.54) is 0 Å². The molecule has 0 fully saturated rings. The molecule has 1 aromatic carbocycles. The number of carbonyl (C=O) groups excluding carboxylic acids is 5. The number of carboxylic acid groups (broad SMARTS) is 1. The van der Waals surface area contributed by atoms with Crippen LogP contribution in [0.2, 0.25) is 0 Å². The van der Waals surface area contributed by atoms with Crippen molar-refractivity contribution in [1.29, 1.82) is 0 Å². The van der Waals surface area contributed by atoms with Gasteiger partial charge in [-0.15, -0.1) is 0 Å². The standard InChI is InChI=1S/C25H36N10O7/c26-14(5-3-7-31-25(29)30)21(38)33-16(9-19(27)36)22(39)34-17(10-20(28)37)23(40)35-18(24(41)42)8-12-11-32-15-6-2-1-4-13(12)15/h1-2,4,6,11,14,16-18,32H,3,5,7-10,26H2,(H2,27,36)(H2,28,37)(H,33,38)(H,34,39)(H,35,40)(H,41,42)(H4,29,30,31). The van der Waals surface area contributed by atoms with Crippen molar-refractivity contribution in [3.63, 3.8) is 0 Å². The number of guanidine groups is 1. The smallest absolute Gasteiger partial charge is 0.326 e. The van der Waals surface area contributed by atoms with Gasteiger partial charge in [-0.3, -0.25) is 29.0 Å². The summed E-state index contributed by atoms with van der Waals surface area (Å²) in [6.45, 7) is 0.204. The highest BCUT2D eigenvalue weighted by Gasteiger charge is 2.32. The summed E-state index contributed by atoms with van der Waals surface area (Å²) in [5.74, 6) is -6.34. The Bertz CT molecular complexity index is 1340. The van der Waals surface area contributed by atoms with E-state index in [0.29, 0.717) is 12.0 Å². The first-order valence-corrected chi connectivity index (χ1v) is 12.8. The number of H-pyrrole nitrogens is 1. The summed E-state index contributed by atoms with van der Waals surface area (Å²) in [5.41, 5.74) is 28.2. The summed E-state index contributed by atoms with van der Waals surface area (Å²) in [5, 5.41) is 17.3. The van der Waals surface area contributed by atoms with Crippen LogP contribution >= 0.6 is 0 Å². The highest BCUT2D eigenvalue weighted by atomic mass is 16.4. The molecule has 0 aliphatic heterocycles. The van der Waals surface area contributed by atoms with E-state index in [-0.39, 0.29) is 25.3 Å². The SMILES string of the molecule is NC(=O)CC(NC(=O)C(N)CCCN=C(N)N)C(=O)NC(CC(N)=O)C(=O)NC(Cc1c[nH]c2ccccc12)C(=O)O. The summed E-state index contributed by atoms with van der Waals surface area (Å²) in [6.07, 6.45) is 0.582. The van der Waals surface area contributed by atoms with Crippen LogP contribution < -0.4 is 44.6 Å². The minimum absolute atomic E-state index is 0.121. The summed E-state index contributed by atoms with van der Waals surface area (Å²) in [7, 11) is 0. The molecule has 4 atom stereocenters. The molecule has 5 amide bonds. The minimum Gasteiger partial charge on any atom is -0.480 e. The first kappa shape index (κ1) is 33.0. The fourth-order valence-corrected chi connectivity index (χ4v) is 4.02. The predicted octanol–water partition coefficient (Wildman–Crippen LogP) is -3.62. The summed E-state index contributed by atoms with van der Waals surface area (Å²) < 4.78 is 0. The number of aliphatic carboxylic acids is 1. The quantitative estimate of drug-likeness (QED) is 0.0491. The van der Waals surface area contributed by atoms with E-state index in [1.807, 2.05) is 0 Å². The van der Waals surface area contributed by atoms with Gasteiger partial charge in [-0.1, -0.05) is 18.2 Å². The van der Waals surface area contributed by atoms with Crippen LogP contribution in [0.25, 0.3) is 10.9 Å². The van der Waals surface area contributed by atoms with Crippen LogP contribution in [0.4, 0.5) is 0 Å². The van der Waals surface area contributed by atoms with Crippen LogP contribution in [0.5, 0.6) is 0 Å². The van der Waals surface area contributed by atoms with Crippen LogP contribution in [-0.4, -0.2) is 82.3 Å². The molecule has 2 rings (SSSR count). The van der Waals surface area contributed by atoms with Crippen LogP contribution in [0.15, 0.2) is 35.5 Å². The second-order valence-electron chi connectivity index (χ2n) is 9.48. The number of aromatic nitrogens is 1. The Balaban J connectivity index is 2.13. The summed E-state index contributed by atoms with van der Waals surface area (Å²) >= 11 is 0. The van der Waals surface area contributed by atoms with E-state index in [0.717, 1.165) is 10.9 Å². The average molecular weight is 589 g/mol.